The molecule has 0 spiro atoms. The number of nitrogens with one attached hydrogen (secondary N) is 2. The second-order valence-electron chi connectivity index (χ2n) is 10.5. The minimum atomic E-state index is -0.736. The van der Waals surface area contributed by atoms with Gasteiger partial charge < -0.3 is 14.8 Å². The molecule has 0 saturated heterocycles. The maximum atomic E-state index is 12.6. The maximum absolute atomic E-state index is 12.6. The molecule has 3 heterocycles. The molecule has 3 amide bonds. The molecule has 41 heavy (non-hydrogen) atoms. The van der Waals surface area contributed by atoms with E-state index in [9.17, 15) is 14.4 Å². The Balaban J connectivity index is 1.32. The molecule has 0 aromatic carbocycles. The summed E-state index contributed by atoms with van der Waals surface area (Å²) in [4.78, 5) is 49.0. The number of halogens is 1. The van der Waals surface area contributed by atoms with Gasteiger partial charge in [-0.2, -0.15) is 4.79 Å². The molecule has 214 valence electrons. The van der Waals surface area contributed by atoms with Gasteiger partial charge in [-0.25, -0.2) is 14.5 Å². The molecule has 1 aliphatic rings. The highest BCUT2D eigenvalue weighted by Crippen LogP contribution is 2.34. The van der Waals surface area contributed by atoms with Gasteiger partial charge in [0.25, 0.3) is 6.07 Å². The van der Waals surface area contributed by atoms with E-state index in [1.165, 1.54) is 10.9 Å². The number of carbonyl (C=O) groups is 3. The SMILES string of the molecule is C[C@@H](OC(=O)Nc1c(-c2ccc(NC(=O)C3CC(C#[N+]C(=O)OC(C)(C)C)C3)cn2)nnn1C)c1cccnc1Cl. The van der Waals surface area contributed by atoms with E-state index < -0.39 is 23.9 Å². The van der Waals surface area contributed by atoms with Crippen LogP contribution in [-0.4, -0.2) is 48.7 Å². The summed E-state index contributed by atoms with van der Waals surface area (Å²) in [6.07, 6.45) is 2.01. The second-order valence-corrected chi connectivity index (χ2v) is 10.8. The van der Waals surface area contributed by atoms with Crippen molar-refractivity contribution >= 4 is 41.2 Å². The van der Waals surface area contributed by atoms with Gasteiger partial charge in [0.15, 0.2) is 11.5 Å². The van der Waals surface area contributed by atoms with Crippen LogP contribution in [0.1, 0.15) is 52.2 Å². The molecule has 0 aliphatic heterocycles. The monoisotopic (exact) mass is 581 g/mol. The van der Waals surface area contributed by atoms with E-state index in [4.69, 9.17) is 21.1 Å². The van der Waals surface area contributed by atoms with Crippen molar-refractivity contribution in [3.8, 4) is 17.5 Å². The molecule has 0 bridgehead atoms. The van der Waals surface area contributed by atoms with E-state index in [-0.39, 0.29) is 28.7 Å². The van der Waals surface area contributed by atoms with Crippen LogP contribution in [-0.2, 0) is 21.3 Å². The third kappa shape index (κ3) is 7.76. The summed E-state index contributed by atoms with van der Waals surface area (Å²) in [6.45, 7) is 6.95. The van der Waals surface area contributed by atoms with E-state index >= 15 is 0 Å². The van der Waals surface area contributed by atoms with Crippen LogP contribution < -0.4 is 10.6 Å². The Morgan fingerprint density at radius 1 is 1.17 bits per heavy atom. The van der Waals surface area contributed by atoms with Gasteiger partial charge >= 0.3 is 12.2 Å². The first-order valence-electron chi connectivity index (χ1n) is 12.8. The maximum Gasteiger partial charge on any atom is 0.728 e. The molecule has 0 radical (unpaired) electrons. The molecular formula is C27H30ClN8O5+. The third-order valence-corrected chi connectivity index (χ3v) is 6.39. The zero-order valence-corrected chi connectivity index (χ0v) is 24.0. The lowest BCUT2D eigenvalue weighted by Gasteiger charge is -2.27. The van der Waals surface area contributed by atoms with E-state index in [1.54, 1.807) is 65.2 Å². The Bertz CT molecular complexity index is 1500. The van der Waals surface area contributed by atoms with Gasteiger partial charge in [-0.3, -0.25) is 15.1 Å². The van der Waals surface area contributed by atoms with Crippen LogP contribution in [0.3, 0.4) is 0 Å². The number of anilines is 2. The van der Waals surface area contributed by atoms with Gasteiger partial charge in [0.1, 0.15) is 16.9 Å². The standard InChI is InChI=1S/C27H29ClN8O5/c1-15(19-7-6-10-29-22(19)28)40-26(39)33-23-21(34-35-36(23)5)20-9-8-18(14-30-20)32-24(37)17-11-16(12-17)13-31-25(38)41-27(2,3)4/h6-10,14-17H,11-12H2,1-5H3,(H-,30,32,33,34,35,37,39)/p+1/t15-,16?,17?/m1/s1. The smallest absolute Gasteiger partial charge is 0.441 e. The largest absolute Gasteiger partial charge is 0.728 e. The number of rotatable bonds is 6. The fourth-order valence-electron chi connectivity index (χ4n) is 3.94. The number of pyridine rings is 2. The highest BCUT2D eigenvalue weighted by atomic mass is 35.5. The van der Waals surface area contributed by atoms with E-state index in [2.05, 4.69) is 41.8 Å². The van der Waals surface area contributed by atoms with Crippen molar-refractivity contribution in [2.45, 2.75) is 52.2 Å². The van der Waals surface area contributed by atoms with Crippen LogP contribution >= 0.6 is 11.6 Å². The molecule has 0 unspecified atom stereocenters. The number of ether oxygens (including phenoxy) is 2. The molecule has 1 fully saturated rings. The molecule has 13 nitrogen and oxygen atoms in total. The van der Waals surface area contributed by atoms with Crippen LogP contribution in [0.2, 0.25) is 5.15 Å². The van der Waals surface area contributed by atoms with E-state index in [0.29, 0.717) is 35.5 Å². The summed E-state index contributed by atoms with van der Waals surface area (Å²) in [5, 5.41) is 13.8. The Morgan fingerprint density at radius 2 is 1.93 bits per heavy atom. The van der Waals surface area contributed by atoms with E-state index in [0.717, 1.165) is 0 Å². The topological polar surface area (TPSA) is 155 Å². The second kappa shape index (κ2) is 12.3. The van der Waals surface area contributed by atoms with Crippen LogP contribution in [0.4, 0.5) is 21.1 Å². The molecule has 1 saturated carbocycles. The minimum Gasteiger partial charge on any atom is -0.441 e. The van der Waals surface area contributed by atoms with Crippen LogP contribution in [0, 0.1) is 17.9 Å². The first-order chi connectivity index (χ1) is 19.4. The number of hydrogen-bond acceptors (Lipinski definition) is 9. The summed E-state index contributed by atoms with van der Waals surface area (Å²) in [6, 6.07) is 9.50. The number of carbonyl (C=O) groups excluding carboxylic acids is 3. The Labute approximate surface area is 241 Å². The summed E-state index contributed by atoms with van der Waals surface area (Å²) < 4.78 is 11.9. The first kappa shape index (κ1) is 29.4. The predicted octanol–water partition coefficient (Wildman–Crippen LogP) is 5.47. The summed E-state index contributed by atoms with van der Waals surface area (Å²) in [7, 11) is 1.61. The highest BCUT2D eigenvalue weighted by molar-refractivity contribution is 6.30. The van der Waals surface area contributed by atoms with Crippen molar-refractivity contribution in [3.05, 3.63) is 52.2 Å². The Kier molecular flexibility index (Phi) is 8.83. The van der Waals surface area contributed by atoms with Crippen molar-refractivity contribution in [2.24, 2.45) is 18.9 Å². The normalized spacial score (nSPS) is 16.8. The molecule has 4 rings (SSSR count). The van der Waals surface area contributed by atoms with Crippen molar-refractivity contribution in [2.75, 3.05) is 10.6 Å². The highest BCUT2D eigenvalue weighted by Gasteiger charge is 2.38. The predicted molar refractivity (Wildman–Crippen MR) is 150 cm³/mol. The van der Waals surface area contributed by atoms with Crippen molar-refractivity contribution in [1.29, 1.82) is 0 Å². The number of nitrogens with zero attached hydrogens (tertiary/aromatic N) is 6. The quantitative estimate of drug-likeness (QED) is 0.360. The van der Waals surface area contributed by atoms with Gasteiger partial charge in [-0.15, -0.1) is 5.10 Å². The molecule has 1 atom stereocenters. The van der Waals surface area contributed by atoms with Crippen LogP contribution in [0.5, 0.6) is 0 Å². The number of hydrogen-bond donors (Lipinski definition) is 2. The van der Waals surface area contributed by atoms with Crippen molar-refractivity contribution < 1.29 is 23.9 Å². The minimum absolute atomic E-state index is 0.0858. The van der Waals surface area contributed by atoms with Crippen molar-refractivity contribution in [3.63, 3.8) is 0 Å². The Morgan fingerprint density at radius 3 is 2.59 bits per heavy atom. The third-order valence-electron chi connectivity index (χ3n) is 6.07. The lowest BCUT2D eigenvalue weighted by atomic mass is 9.75. The van der Waals surface area contributed by atoms with Gasteiger partial charge in [0, 0.05) is 24.7 Å². The summed E-state index contributed by atoms with van der Waals surface area (Å²) >= 11 is 6.09. The van der Waals surface area contributed by atoms with E-state index in [1.807, 2.05) is 0 Å². The molecule has 3 aromatic heterocycles. The lowest BCUT2D eigenvalue weighted by molar-refractivity contribution is -0.123. The van der Waals surface area contributed by atoms with Gasteiger partial charge in [-0.05, 0) is 58.7 Å². The molecule has 1 aliphatic carbocycles. The molecule has 2 N–H and O–H groups in total. The fraction of sp³-hybridized carbons (Fsp3) is 0.407. The van der Waals surface area contributed by atoms with Crippen molar-refractivity contribution in [1.82, 2.24) is 25.0 Å². The number of amides is 3. The molecular weight excluding hydrogens is 552 g/mol. The molecule has 3 aromatic rings. The zero-order valence-electron chi connectivity index (χ0n) is 23.2. The molecule has 14 heteroatoms. The fourth-order valence-corrected chi connectivity index (χ4v) is 4.21. The average molecular weight is 582 g/mol. The Hall–Kier alpha value is -4.57. The lowest BCUT2D eigenvalue weighted by Crippen LogP contribution is -2.33. The first-order valence-corrected chi connectivity index (χ1v) is 13.2. The van der Waals surface area contributed by atoms with Gasteiger partial charge in [0.05, 0.1) is 28.3 Å². The zero-order chi connectivity index (χ0) is 29.7. The van der Waals surface area contributed by atoms with Gasteiger partial charge in [0.2, 0.25) is 5.91 Å². The van der Waals surface area contributed by atoms with Crippen LogP contribution in [0.15, 0.2) is 36.7 Å². The summed E-state index contributed by atoms with van der Waals surface area (Å²) in [5.41, 5.74) is 1.17. The van der Waals surface area contributed by atoms with Crippen LogP contribution in [0.25, 0.3) is 16.2 Å². The summed E-state index contributed by atoms with van der Waals surface area (Å²) in [5.74, 6) is -0.208. The number of aryl methyl sites for hydroxylation is 1. The average Bonchev–Trinajstić information content (AvgIpc) is 3.22. The number of aromatic nitrogens is 5. The van der Waals surface area contributed by atoms with Gasteiger partial charge in [-0.1, -0.05) is 22.9 Å².